The number of nitriles is 1. The molecule has 11 aromatic carbocycles. The highest BCUT2D eigenvalue weighted by atomic mass is 32.1. The zero-order valence-corrected chi connectivity index (χ0v) is 88.4. The monoisotopic (exact) mass is 2020 g/mol. The molecule has 26 heteroatoms. The molecule has 2 saturated heterocycles. The van der Waals surface area contributed by atoms with Crippen molar-refractivity contribution in [3.8, 4) is 40.4 Å². The largest absolute Gasteiger partial charge is 0.504 e. The van der Waals surface area contributed by atoms with E-state index in [1.165, 1.54) is 84.0 Å². The number of methoxy groups -OCH3 is 2. The number of anilines is 8. The highest BCUT2D eigenvalue weighted by Crippen LogP contribution is 2.47. The van der Waals surface area contributed by atoms with Gasteiger partial charge in [-0.15, -0.1) is 11.3 Å². The Morgan fingerprint density at radius 3 is 1.86 bits per heavy atom. The number of para-hydroxylation sites is 2. The normalized spacial score (nSPS) is 15.4. The fraction of sp³-hybridized carbons (Fsp3) is 0.325. The third-order valence-electron chi connectivity index (χ3n) is 27.1. The summed E-state index contributed by atoms with van der Waals surface area (Å²) in [7, 11) is 7.17. The van der Waals surface area contributed by atoms with Crippen molar-refractivity contribution < 1.29 is 57.2 Å². The molecule has 0 spiro atoms. The summed E-state index contributed by atoms with van der Waals surface area (Å²) < 4.78 is 27.3. The molecular formula is C123H141N13O12S. The highest BCUT2D eigenvalue weighted by molar-refractivity contribution is 7.17. The van der Waals surface area contributed by atoms with E-state index >= 15 is 0 Å². The van der Waals surface area contributed by atoms with Gasteiger partial charge in [-0.25, -0.2) is 4.79 Å². The van der Waals surface area contributed by atoms with E-state index in [2.05, 4.69) is 159 Å². The van der Waals surface area contributed by atoms with Gasteiger partial charge in [0, 0.05) is 139 Å². The first-order chi connectivity index (χ1) is 72.1. The Bertz CT molecular complexity index is 6680. The van der Waals surface area contributed by atoms with E-state index in [-0.39, 0.29) is 64.3 Å². The van der Waals surface area contributed by atoms with Crippen LogP contribution in [0.1, 0.15) is 196 Å². The van der Waals surface area contributed by atoms with Crippen LogP contribution in [0.2, 0.25) is 0 Å². The second-order valence-corrected chi connectivity index (χ2v) is 40.6. The number of amides is 5. The van der Waals surface area contributed by atoms with E-state index in [9.17, 15) is 39.1 Å². The Balaban J connectivity index is 0.000000142. The number of nitrogens with zero attached hydrogens (tertiary/aromatic N) is 5. The minimum absolute atomic E-state index is 0.0403. The van der Waals surface area contributed by atoms with Crippen molar-refractivity contribution in [1.29, 1.82) is 5.26 Å². The van der Waals surface area contributed by atoms with Crippen molar-refractivity contribution >= 4 is 97.7 Å². The predicted molar refractivity (Wildman–Crippen MR) is 601 cm³/mol. The van der Waals surface area contributed by atoms with Gasteiger partial charge in [0.25, 0.3) is 11.8 Å². The molecule has 25 nitrogen and oxygen atoms in total. The maximum atomic E-state index is 12.8. The van der Waals surface area contributed by atoms with Gasteiger partial charge in [0.15, 0.2) is 11.5 Å². The molecule has 5 amide bonds. The number of benzene rings is 11. The zero-order chi connectivity index (χ0) is 105. The zero-order valence-electron chi connectivity index (χ0n) is 87.6. The van der Waals surface area contributed by atoms with E-state index in [4.69, 9.17) is 23.4 Å². The number of furan rings is 1. The van der Waals surface area contributed by atoms with Crippen LogP contribution in [0.5, 0.6) is 23.0 Å². The smallest absolute Gasteiger partial charge is 0.341 e. The van der Waals surface area contributed by atoms with Crippen molar-refractivity contribution in [3.05, 3.63) is 362 Å². The number of phenolic OH excluding ortho intramolecular Hbond substituents is 1. The van der Waals surface area contributed by atoms with Gasteiger partial charge in [-0.1, -0.05) is 165 Å². The Morgan fingerprint density at radius 1 is 0.564 bits per heavy atom. The first-order valence-corrected chi connectivity index (χ1v) is 52.5. The number of phenols is 1. The quantitative estimate of drug-likeness (QED) is 0.0180. The second-order valence-electron chi connectivity index (χ2n) is 39.6. The Morgan fingerprint density at radius 2 is 1.20 bits per heavy atom. The number of likely N-dealkylation sites (N-methyl/N-ethyl adjacent to an activating group) is 2. The lowest BCUT2D eigenvalue weighted by molar-refractivity contribution is -0.120. The fourth-order valence-electron chi connectivity index (χ4n) is 19.4. The minimum Gasteiger partial charge on any atom is -0.504 e. The number of thiophene rings is 1. The molecule has 1 unspecified atom stereocenters. The second kappa shape index (κ2) is 54.0. The number of carbonyl (C=O) groups is 6. The summed E-state index contributed by atoms with van der Waals surface area (Å²) in [4.78, 5) is 85.3. The van der Waals surface area contributed by atoms with Crippen LogP contribution in [0, 0.1) is 31.1 Å². The third-order valence-corrected chi connectivity index (χ3v) is 28.6. The highest BCUT2D eigenvalue weighted by Gasteiger charge is 2.43. The third kappa shape index (κ3) is 31.7. The van der Waals surface area contributed by atoms with Crippen LogP contribution >= 0.6 is 11.3 Å². The van der Waals surface area contributed by atoms with Crippen LogP contribution < -0.4 is 66.5 Å². The molecule has 4 aliphatic heterocycles. The lowest BCUT2D eigenvalue weighted by Crippen LogP contribution is -2.55. The summed E-state index contributed by atoms with van der Waals surface area (Å²) in [5.41, 5.74) is 21.1. The Labute approximate surface area is 881 Å². The van der Waals surface area contributed by atoms with E-state index in [0.717, 1.165) is 214 Å². The Kier molecular flexibility index (Phi) is 39.7. The number of carbonyl (C=O) groups excluding carboxylic acids is 6. The lowest BCUT2D eigenvalue weighted by atomic mass is 9.81. The van der Waals surface area contributed by atoms with Gasteiger partial charge in [-0.3, -0.25) is 24.0 Å². The van der Waals surface area contributed by atoms with E-state index in [1.54, 1.807) is 48.7 Å². The van der Waals surface area contributed by atoms with Gasteiger partial charge in [0.2, 0.25) is 17.7 Å². The lowest BCUT2D eigenvalue weighted by Gasteiger charge is -2.42. The van der Waals surface area contributed by atoms with Crippen molar-refractivity contribution in [3.63, 3.8) is 0 Å². The maximum Gasteiger partial charge on any atom is 0.341 e. The number of aromatic hydroxyl groups is 1. The number of esters is 1. The number of hydrogen-bond acceptors (Lipinski definition) is 21. The molecule has 3 fully saturated rings. The summed E-state index contributed by atoms with van der Waals surface area (Å²) >= 11 is 1.51. The Hall–Kier alpha value is -15.1. The van der Waals surface area contributed by atoms with Crippen LogP contribution in [0.4, 0.5) is 44.8 Å². The number of rotatable bonds is 26. The number of ether oxygens (including phenoxy) is 4. The van der Waals surface area contributed by atoms with Crippen molar-refractivity contribution in [2.45, 2.75) is 162 Å². The molecule has 19 rings (SSSR count). The first-order valence-electron chi connectivity index (χ1n) is 51.7. The number of fused-ring (bicyclic) bond motifs is 3. The predicted octanol–water partition coefficient (Wildman–Crippen LogP) is 23.8. The molecule has 2 aliphatic carbocycles. The minimum atomic E-state index is -0.366. The van der Waals surface area contributed by atoms with E-state index in [0.29, 0.717) is 58.4 Å². The number of piperazine rings is 2. The van der Waals surface area contributed by atoms with Crippen LogP contribution in [-0.4, -0.2) is 150 Å². The fourth-order valence-corrected chi connectivity index (χ4v) is 20.6. The van der Waals surface area contributed by atoms with Gasteiger partial charge in [-0.05, 0) is 310 Å². The van der Waals surface area contributed by atoms with Gasteiger partial charge in [-0.2, -0.15) is 5.26 Å². The van der Waals surface area contributed by atoms with E-state index in [1.807, 2.05) is 196 Å². The van der Waals surface area contributed by atoms with E-state index < -0.39 is 0 Å². The standard InChI is InChI=1S/2C25H27N3O2.C20H30N2O3S.2C18H20N2O.C17H17NO3/c1-27-15-17-28(18-16-27)24-10-6-5-9-23(24)26-25(29)21-11-13-22(14-12-21)30-19-20-7-3-2-4-8-20;1-27-14-16-28(17-15-27)23-12-10-22(11-13-23)26-25(29)21-8-5-9-24(18-21)30-19-20-6-3-2-4-7-20;1-19(2)11-13-14(18(24)25-5)17(26-15(13)20(3,4)22-19)21-16(23)12-9-7-6-8-10-12;1-13-6-8-15(9-7-13)20-18(21)12-17-16-5-3-2-4-14(16)10-11-19-17;1-2-9-20-17-11-15(18-8-5-10-21-18)13-6-3-4-7-14(13)16(17)12-19;1-12-4-3-5-14(10-12)18-17(20)9-7-13-6-8-16(21-2)15(19)11-13/h2-14H,15-19H2,1H3,(H,26,29);2-13,18H,14-17,19H2,1H3,(H,26,29);12,22H,6-11H2,1-5H3,(H,21,23);2-9,17,19H,10-12H2,1H3,(H,20,21);5,8,10-11,20H,2-4,6-7,9H2,1H3;3-11,19H,1-2H3,(H,18,20)/b;;;;;9-7+. The van der Waals surface area contributed by atoms with Crippen molar-refractivity contribution in [1.82, 2.24) is 20.4 Å². The number of nitrogens with one attached hydrogen (secondary N) is 8. The van der Waals surface area contributed by atoms with Crippen molar-refractivity contribution in [2.24, 2.45) is 5.92 Å². The summed E-state index contributed by atoms with van der Waals surface area (Å²) in [6.45, 7) is 25.6. The van der Waals surface area contributed by atoms with Crippen LogP contribution in [0.25, 0.3) is 17.4 Å². The summed E-state index contributed by atoms with van der Waals surface area (Å²) in [6.07, 6.45) is 17.7. The molecule has 13 aromatic rings. The first kappa shape index (κ1) is 110. The average Bonchev–Trinajstić information content (AvgIpc) is 1.60. The summed E-state index contributed by atoms with van der Waals surface area (Å²) in [6, 6.07) is 87.9. The SMILES string of the molecule is CCCNc1cc(-c2ccco2)c2c(c1C#N)CCCC2.CN1CCN(c2ccc(NC(=O)c3cccc(OCc4ccccc4)c3)cc2)CC1.CN1CCN(c2ccccc2NC(=O)c2ccc(OCc3ccccc3)cc2)CC1.COC(=O)c1c(NC(=O)C2CCCCC2)sc2c1CC(C)(C)NC2(C)C.COc1ccc(/C=C/C(=O)Nc2cccc(C)c2)cc1O.Cc1ccc(NC(=O)CC2NCCc3ccccc32)cc1. The molecule has 0 bridgehead atoms. The van der Waals surface area contributed by atoms with Gasteiger partial charge in [0.05, 0.1) is 48.7 Å². The molecule has 9 N–H and O–H groups in total. The summed E-state index contributed by atoms with van der Waals surface area (Å²) in [5.74, 6) is 2.05. The van der Waals surface area contributed by atoms with Crippen LogP contribution in [0.3, 0.4) is 0 Å². The van der Waals surface area contributed by atoms with Crippen molar-refractivity contribution in [2.75, 3.05) is 135 Å². The van der Waals surface area contributed by atoms with Crippen LogP contribution in [0.15, 0.2) is 284 Å². The molecule has 149 heavy (non-hydrogen) atoms. The maximum absolute atomic E-state index is 12.8. The van der Waals surface area contributed by atoms with Crippen LogP contribution in [-0.2, 0) is 63.6 Å². The molecule has 776 valence electrons. The molecule has 2 aromatic heterocycles. The molecule has 0 radical (unpaired) electrons. The average molecular weight is 2030 g/mol. The molecule has 6 aliphatic rings. The van der Waals surface area contributed by atoms with Gasteiger partial charge < -0.3 is 90.6 Å². The molecule has 1 saturated carbocycles. The number of aryl methyl sites for hydroxylation is 2. The molecular weight excluding hydrogens is 1880 g/mol. The summed E-state index contributed by atoms with van der Waals surface area (Å²) in [5, 5.41) is 45.2. The molecule has 6 heterocycles. The number of hydrogen-bond donors (Lipinski definition) is 9. The van der Waals surface area contributed by atoms with Gasteiger partial charge >= 0.3 is 5.97 Å². The molecule has 1 atom stereocenters. The van der Waals surface area contributed by atoms with Gasteiger partial charge in [0.1, 0.15) is 41.5 Å². The topological polar surface area (TPSA) is 306 Å².